The molecule has 94 valence electrons. The van der Waals surface area contributed by atoms with E-state index in [2.05, 4.69) is 5.32 Å². The van der Waals surface area contributed by atoms with Crippen LogP contribution < -0.4 is 11.1 Å². The molecule has 0 atom stereocenters. The maximum atomic E-state index is 11.0. The Hall–Kier alpha value is -0.850. The standard InChI is InChI=1S/C10H13ClN2O2S2/c1-17(14,15)5-4-13-9-3-2-7(11)6-8(9)10(12)16/h2-3,6,13H,4-5H2,1H3,(H2,12,16). The molecule has 1 aromatic carbocycles. The van der Waals surface area contributed by atoms with Crippen LogP contribution in [0, 0.1) is 0 Å². The third-order valence-corrected chi connectivity index (χ3v) is 3.44. The van der Waals surface area contributed by atoms with Crippen LogP contribution in [0.1, 0.15) is 5.56 Å². The van der Waals surface area contributed by atoms with Crippen LogP contribution in [0.4, 0.5) is 5.69 Å². The number of hydrogen-bond acceptors (Lipinski definition) is 4. The fraction of sp³-hybridized carbons (Fsp3) is 0.300. The zero-order valence-corrected chi connectivity index (χ0v) is 11.6. The molecule has 3 N–H and O–H groups in total. The van der Waals surface area contributed by atoms with Gasteiger partial charge in [-0.15, -0.1) is 0 Å². The van der Waals surface area contributed by atoms with Crippen LogP contribution in [0.5, 0.6) is 0 Å². The van der Waals surface area contributed by atoms with Gasteiger partial charge in [-0.25, -0.2) is 8.42 Å². The summed E-state index contributed by atoms with van der Waals surface area (Å²) in [4.78, 5) is 0.217. The molecule has 7 heteroatoms. The monoisotopic (exact) mass is 292 g/mol. The van der Waals surface area contributed by atoms with Crippen LogP contribution in [-0.2, 0) is 9.84 Å². The zero-order chi connectivity index (χ0) is 13.1. The minimum absolute atomic E-state index is 0.0480. The van der Waals surface area contributed by atoms with Crippen LogP contribution in [0.25, 0.3) is 0 Å². The first-order chi connectivity index (χ1) is 7.79. The fourth-order valence-corrected chi connectivity index (χ4v) is 2.06. The van der Waals surface area contributed by atoms with Crippen LogP contribution in [0.3, 0.4) is 0 Å². The lowest BCUT2D eigenvalue weighted by Gasteiger charge is -2.11. The summed E-state index contributed by atoms with van der Waals surface area (Å²) in [7, 11) is -2.99. The summed E-state index contributed by atoms with van der Waals surface area (Å²) in [5, 5.41) is 3.50. The van der Waals surface area contributed by atoms with Crippen LogP contribution in [0.15, 0.2) is 18.2 Å². The molecule has 17 heavy (non-hydrogen) atoms. The number of rotatable bonds is 5. The van der Waals surface area contributed by atoms with E-state index in [1.54, 1.807) is 18.2 Å². The lowest BCUT2D eigenvalue weighted by atomic mass is 10.2. The van der Waals surface area contributed by atoms with E-state index in [-0.39, 0.29) is 10.7 Å². The summed E-state index contributed by atoms with van der Waals surface area (Å²) >= 11 is 10.7. The van der Waals surface area contributed by atoms with Crippen LogP contribution >= 0.6 is 23.8 Å². The quantitative estimate of drug-likeness (QED) is 0.803. The first-order valence-corrected chi connectivity index (χ1v) is 7.65. The molecule has 0 amide bonds. The minimum atomic E-state index is -2.99. The van der Waals surface area contributed by atoms with Crippen molar-refractivity contribution >= 4 is 44.3 Å². The van der Waals surface area contributed by atoms with Crippen molar-refractivity contribution in [1.82, 2.24) is 0 Å². The van der Waals surface area contributed by atoms with Crippen LogP contribution in [0.2, 0.25) is 5.02 Å². The number of thiocarbonyl (C=S) groups is 1. The second-order valence-corrected chi connectivity index (χ2v) is 6.75. The first kappa shape index (κ1) is 14.2. The van der Waals surface area contributed by atoms with Crippen molar-refractivity contribution in [2.45, 2.75) is 0 Å². The van der Waals surface area contributed by atoms with E-state index in [0.717, 1.165) is 0 Å². The van der Waals surface area contributed by atoms with Gasteiger partial charge in [-0.1, -0.05) is 23.8 Å². The molecule has 0 aliphatic carbocycles. The second-order valence-electron chi connectivity index (χ2n) is 3.61. The maximum Gasteiger partial charge on any atom is 0.149 e. The summed E-state index contributed by atoms with van der Waals surface area (Å²) in [6.07, 6.45) is 1.19. The van der Waals surface area contributed by atoms with Crippen molar-refractivity contribution in [1.29, 1.82) is 0 Å². The van der Waals surface area contributed by atoms with Gasteiger partial charge < -0.3 is 11.1 Å². The number of halogens is 1. The molecule has 0 heterocycles. The van der Waals surface area contributed by atoms with Crippen molar-refractivity contribution in [3.63, 3.8) is 0 Å². The number of anilines is 1. The summed E-state index contributed by atoms with van der Waals surface area (Å²) in [5.41, 5.74) is 6.85. The van der Waals surface area contributed by atoms with Gasteiger partial charge in [-0.3, -0.25) is 0 Å². The van der Waals surface area contributed by atoms with E-state index in [4.69, 9.17) is 29.6 Å². The summed E-state index contributed by atoms with van der Waals surface area (Å²) < 4.78 is 22.0. The maximum absolute atomic E-state index is 11.0. The number of benzene rings is 1. The lowest BCUT2D eigenvalue weighted by Crippen LogP contribution is -2.17. The predicted octanol–water partition coefficient (Wildman–Crippen LogP) is 1.43. The molecule has 0 aliphatic rings. The Morgan fingerprint density at radius 3 is 2.71 bits per heavy atom. The van der Waals surface area contributed by atoms with Gasteiger partial charge >= 0.3 is 0 Å². The molecule has 0 radical (unpaired) electrons. The number of nitrogens with two attached hydrogens (primary N) is 1. The molecule has 0 aliphatic heterocycles. The number of nitrogens with one attached hydrogen (secondary N) is 1. The predicted molar refractivity (Wildman–Crippen MR) is 75.5 cm³/mol. The molecular formula is C10H13ClN2O2S2. The van der Waals surface area contributed by atoms with E-state index in [9.17, 15) is 8.42 Å². The Bertz CT molecular complexity index is 529. The van der Waals surface area contributed by atoms with Gasteiger partial charge in [0, 0.05) is 29.1 Å². The topological polar surface area (TPSA) is 72.2 Å². The Balaban J connectivity index is 2.81. The molecule has 0 aromatic heterocycles. The Kier molecular flexibility index (Phi) is 4.73. The largest absolute Gasteiger partial charge is 0.389 e. The molecular weight excluding hydrogens is 280 g/mol. The van der Waals surface area contributed by atoms with E-state index in [0.29, 0.717) is 22.8 Å². The highest BCUT2D eigenvalue weighted by atomic mass is 35.5. The molecule has 0 saturated heterocycles. The van der Waals surface area contributed by atoms with Gasteiger partial charge in [0.15, 0.2) is 0 Å². The fourth-order valence-electron chi connectivity index (χ4n) is 1.25. The molecule has 1 rings (SSSR count). The van der Waals surface area contributed by atoms with Crippen molar-refractivity contribution in [3.8, 4) is 0 Å². The Morgan fingerprint density at radius 2 is 2.18 bits per heavy atom. The summed E-state index contributed by atoms with van der Waals surface area (Å²) in [5.74, 6) is 0.0480. The third kappa shape index (κ3) is 4.89. The van der Waals surface area contributed by atoms with Gasteiger partial charge in [0.05, 0.1) is 5.75 Å². The Labute approximate surface area is 111 Å². The highest BCUT2D eigenvalue weighted by Gasteiger charge is 2.07. The minimum Gasteiger partial charge on any atom is -0.389 e. The number of sulfone groups is 1. The summed E-state index contributed by atoms with van der Waals surface area (Å²) in [6, 6.07) is 5.05. The van der Waals surface area contributed by atoms with Crippen LogP contribution in [-0.4, -0.2) is 32.0 Å². The molecule has 0 bridgehead atoms. The molecule has 4 nitrogen and oxygen atoms in total. The van der Waals surface area contributed by atoms with Crippen molar-refractivity contribution in [2.24, 2.45) is 5.73 Å². The van der Waals surface area contributed by atoms with Gasteiger partial charge in [0.25, 0.3) is 0 Å². The van der Waals surface area contributed by atoms with E-state index in [1.807, 2.05) is 0 Å². The van der Waals surface area contributed by atoms with Gasteiger partial charge in [0.1, 0.15) is 14.8 Å². The lowest BCUT2D eigenvalue weighted by molar-refractivity contribution is 0.602. The second kappa shape index (κ2) is 5.66. The van der Waals surface area contributed by atoms with E-state index >= 15 is 0 Å². The molecule has 0 unspecified atom stereocenters. The van der Waals surface area contributed by atoms with Crippen molar-refractivity contribution in [3.05, 3.63) is 28.8 Å². The Morgan fingerprint density at radius 1 is 1.53 bits per heavy atom. The number of hydrogen-bond donors (Lipinski definition) is 2. The molecule has 0 spiro atoms. The molecule has 1 aromatic rings. The summed E-state index contributed by atoms with van der Waals surface area (Å²) in [6.45, 7) is 0.302. The first-order valence-electron chi connectivity index (χ1n) is 4.80. The van der Waals surface area contributed by atoms with Gasteiger partial charge in [-0.2, -0.15) is 0 Å². The van der Waals surface area contributed by atoms with Gasteiger partial charge in [0.2, 0.25) is 0 Å². The highest BCUT2D eigenvalue weighted by Crippen LogP contribution is 2.20. The average molecular weight is 293 g/mol. The molecule has 0 fully saturated rings. The average Bonchev–Trinajstić information content (AvgIpc) is 2.18. The zero-order valence-electron chi connectivity index (χ0n) is 9.23. The SMILES string of the molecule is CS(=O)(=O)CCNc1ccc(Cl)cc1C(N)=S. The highest BCUT2D eigenvalue weighted by molar-refractivity contribution is 7.90. The third-order valence-electron chi connectivity index (χ3n) is 2.04. The van der Waals surface area contributed by atoms with Crippen molar-refractivity contribution in [2.75, 3.05) is 23.9 Å². The van der Waals surface area contributed by atoms with E-state index in [1.165, 1.54) is 6.26 Å². The van der Waals surface area contributed by atoms with E-state index < -0.39 is 9.84 Å². The smallest absolute Gasteiger partial charge is 0.149 e. The van der Waals surface area contributed by atoms with Crippen molar-refractivity contribution < 1.29 is 8.42 Å². The van der Waals surface area contributed by atoms with Gasteiger partial charge in [-0.05, 0) is 18.2 Å². The normalized spacial score (nSPS) is 11.2. The molecule has 0 saturated carbocycles.